The number of esters is 2. The Labute approximate surface area is 607 Å². The Morgan fingerprint density at radius 1 is 0.538 bits per heavy atom. The van der Waals surface area contributed by atoms with Crippen molar-refractivity contribution >= 4 is 65.0 Å². The molecule has 2 saturated carbocycles. The summed E-state index contributed by atoms with van der Waals surface area (Å²) in [5, 5.41) is 27.3. The van der Waals surface area contributed by atoms with Crippen LogP contribution in [0, 0.1) is 11.8 Å². The number of fused-ring (bicyclic) bond motifs is 8. The Hall–Kier alpha value is -9.27. The highest BCUT2D eigenvalue weighted by Crippen LogP contribution is 2.33. The van der Waals surface area contributed by atoms with Crippen LogP contribution in [0.1, 0.15) is 152 Å². The lowest BCUT2D eigenvalue weighted by molar-refractivity contribution is -0.147. The molecule has 562 valence electrons. The lowest BCUT2D eigenvalue weighted by Crippen LogP contribution is -2.58. The van der Waals surface area contributed by atoms with E-state index in [9.17, 15) is 57.8 Å². The third kappa shape index (κ3) is 23.9. The Morgan fingerprint density at radius 2 is 0.990 bits per heavy atom. The number of nitrogens with one attached hydrogen (secondary N) is 6. The fraction of sp³-hybridized carbons (Fsp3) is 0.551. The zero-order valence-corrected chi connectivity index (χ0v) is 59.7. The molecule has 4 aliphatic heterocycles. The average molecular weight is 1440 g/mol. The Balaban J connectivity index is 0.000000241. The quantitative estimate of drug-likeness (QED) is 0.0385. The number of amides is 8. The van der Waals surface area contributed by atoms with Gasteiger partial charge in [-0.15, -0.1) is 0 Å². The Bertz CT molecular complexity index is 3530. The van der Waals surface area contributed by atoms with Gasteiger partial charge >= 0.3 is 11.9 Å². The van der Waals surface area contributed by atoms with Gasteiger partial charge in [0, 0.05) is 38.8 Å². The van der Waals surface area contributed by atoms with Crippen molar-refractivity contribution in [3.63, 3.8) is 0 Å². The highest BCUT2D eigenvalue weighted by molar-refractivity contribution is 6.38. The third-order valence-electron chi connectivity index (χ3n) is 19.7. The molecular weight excluding hydrogens is 1340 g/mol. The van der Waals surface area contributed by atoms with E-state index in [1.54, 1.807) is 24.3 Å². The molecule has 0 aromatic heterocycles. The number of carbonyl (C=O) groups excluding carboxylic acids is 11. The van der Waals surface area contributed by atoms with Crippen molar-refractivity contribution in [2.24, 2.45) is 11.8 Å². The average Bonchev–Trinajstić information content (AvgIpc) is 1.62. The minimum atomic E-state index is -1.66. The zero-order chi connectivity index (χ0) is 73.7. The molecule has 7 N–H and O–H groups in total. The molecule has 3 unspecified atom stereocenters. The molecule has 26 nitrogen and oxygen atoms in total. The Kier molecular flexibility index (Phi) is 30.9. The number of nitrogens with zero attached hydrogens (tertiary/aromatic N) is 2. The predicted octanol–water partition coefficient (Wildman–Crippen LogP) is 5.34. The summed E-state index contributed by atoms with van der Waals surface area (Å²) in [5.74, 6) is -5.44. The first-order valence-corrected chi connectivity index (χ1v) is 37.1. The monoisotopic (exact) mass is 1440 g/mol. The van der Waals surface area contributed by atoms with E-state index in [-0.39, 0.29) is 100 Å². The van der Waals surface area contributed by atoms with Gasteiger partial charge in [-0.25, -0.2) is 0 Å². The molecule has 4 aromatic carbocycles. The van der Waals surface area contributed by atoms with Crippen LogP contribution in [-0.2, 0) is 97.7 Å². The maximum atomic E-state index is 14.5. The molecule has 4 fully saturated rings. The third-order valence-corrected chi connectivity index (χ3v) is 19.7. The maximum absolute atomic E-state index is 14.5. The number of aliphatic hydroxyl groups is 1. The second-order valence-electron chi connectivity index (χ2n) is 27.7. The van der Waals surface area contributed by atoms with Crippen molar-refractivity contribution in [1.82, 2.24) is 41.7 Å². The first-order chi connectivity index (χ1) is 50.4. The van der Waals surface area contributed by atoms with Gasteiger partial charge in [-0.3, -0.25) is 52.7 Å². The number of ketones is 1. The summed E-state index contributed by atoms with van der Waals surface area (Å²) in [6.45, 7) is 4.52. The number of Topliss-reactive ketones (excluding diaryl/α,β-unsaturated/α-hetero) is 1. The van der Waals surface area contributed by atoms with Crippen molar-refractivity contribution < 1.29 is 86.3 Å². The highest BCUT2D eigenvalue weighted by Gasteiger charge is 2.48. The van der Waals surface area contributed by atoms with Gasteiger partial charge in [0.2, 0.25) is 41.2 Å². The molecule has 4 aromatic rings. The van der Waals surface area contributed by atoms with E-state index in [4.69, 9.17) is 28.4 Å². The molecule has 8 bridgehead atoms. The zero-order valence-electron chi connectivity index (χ0n) is 59.7. The topological polar surface area (TPSA) is 342 Å². The van der Waals surface area contributed by atoms with Crippen molar-refractivity contribution in [3.05, 3.63) is 131 Å². The summed E-state index contributed by atoms with van der Waals surface area (Å²) in [5.41, 5.74) is 3.09. The standard InChI is InChI=1S/C39H52N4O9.C39H50N4O9/c2*1-2-11-31(36(46)38(48)40-23-34(45)52-25-26-12-5-3-6-13-26)41-37(47)32-22-30-24-43(32)39(49)35(28-15-7-4-8-16-28)42-33(44)21-27-14-9-17-29(20-27)50-18-10-19-51-30/h3,5-6,9,12-14,17,20,28,30-32,35-36,46H,2,4,7-8,10-11,15-16,18-19,21-25H2,1H3,(H,40,48)(H,41,47)(H,42,44);3,5-6,9,12-14,17,20,28,30-32,35H,2,4,7-8,10-11,15-16,18-19,21-25H2,1H3,(H,40,48)(H,41,47)(H,42,44)/t30-,31?,32+,35+,36?;30-,31?,32+,35+/m11/s1. The van der Waals surface area contributed by atoms with Crippen molar-refractivity contribution in [3.8, 4) is 11.5 Å². The SMILES string of the molecule is CCCC(NC(=O)[C@@H]1C[C@@H]2CN1C(=O)[C@H](C1CCCCC1)NC(=O)Cc1cccc(c1)OCCCO2)C(=O)C(=O)NCC(=O)OCc1ccccc1.CCCC(NC(=O)[C@@H]1C[C@@H]2CN1C(=O)[C@H](C1CCCCC1)NC(=O)Cc1cccc(c1)OCCCO2)C(O)C(=O)NCC(=O)OCc1ccccc1. The molecule has 104 heavy (non-hydrogen) atoms. The number of carbonyl (C=O) groups is 11. The van der Waals surface area contributed by atoms with Gasteiger partial charge in [0.05, 0.1) is 63.6 Å². The Morgan fingerprint density at radius 3 is 1.45 bits per heavy atom. The molecule has 0 spiro atoms. The van der Waals surface area contributed by atoms with Gasteiger partial charge in [0.25, 0.3) is 11.8 Å². The summed E-state index contributed by atoms with van der Waals surface area (Å²) in [7, 11) is 0. The highest BCUT2D eigenvalue weighted by atomic mass is 16.5. The van der Waals surface area contributed by atoms with E-state index < -0.39 is 109 Å². The van der Waals surface area contributed by atoms with E-state index in [1.165, 1.54) is 9.80 Å². The minimum Gasteiger partial charge on any atom is -0.493 e. The van der Waals surface area contributed by atoms with Crippen LogP contribution < -0.4 is 41.4 Å². The van der Waals surface area contributed by atoms with Crippen LogP contribution in [0.4, 0.5) is 0 Å². The molecule has 4 heterocycles. The van der Waals surface area contributed by atoms with Crippen LogP contribution in [-0.4, -0.2) is 187 Å². The van der Waals surface area contributed by atoms with Crippen LogP contribution in [0.15, 0.2) is 109 Å². The van der Waals surface area contributed by atoms with E-state index in [0.29, 0.717) is 63.6 Å². The number of ether oxygens (including phenoxy) is 6. The summed E-state index contributed by atoms with van der Waals surface area (Å²) < 4.78 is 34.5. The van der Waals surface area contributed by atoms with E-state index >= 15 is 0 Å². The molecule has 8 amide bonds. The molecule has 2 aliphatic carbocycles. The number of aliphatic hydroxyl groups excluding tert-OH is 1. The van der Waals surface area contributed by atoms with Crippen LogP contribution >= 0.6 is 0 Å². The summed E-state index contributed by atoms with van der Waals surface area (Å²) in [6.07, 6.45) is 9.53. The second-order valence-corrected chi connectivity index (χ2v) is 27.7. The van der Waals surface area contributed by atoms with Crippen LogP contribution in [0.25, 0.3) is 0 Å². The molecule has 26 heteroatoms. The minimum absolute atomic E-state index is 0.0199. The molecule has 9 atom stereocenters. The lowest BCUT2D eigenvalue weighted by atomic mass is 9.83. The normalized spacial score (nSPS) is 22.4. The van der Waals surface area contributed by atoms with Crippen LogP contribution in [0.5, 0.6) is 11.5 Å². The van der Waals surface area contributed by atoms with E-state index in [1.807, 2.05) is 98.8 Å². The summed E-state index contributed by atoms with van der Waals surface area (Å²) in [4.78, 5) is 150. The largest absolute Gasteiger partial charge is 0.493 e. The number of benzene rings is 4. The smallest absolute Gasteiger partial charge is 0.325 e. The van der Waals surface area contributed by atoms with E-state index in [2.05, 4.69) is 31.9 Å². The number of hydrogen-bond acceptors (Lipinski definition) is 18. The van der Waals surface area contributed by atoms with Gasteiger partial charge in [-0.1, -0.05) is 150 Å². The van der Waals surface area contributed by atoms with Gasteiger partial charge in [0.15, 0.2) is 6.10 Å². The van der Waals surface area contributed by atoms with Gasteiger partial charge < -0.3 is 75.2 Å². The van der Waals surface area contributed by atoms with Gasteiger partial charge in [0.1, 0.15) is 62.0 Å². The second kappa shape index (κ2) is 40.7. The van der Waals surface area contributed by atoms with Crippen molar-refractivity contribution in [2.75, 3.05) is 52.6 Å². The first kappa shape index (κ1) is 78.9. The van der Waals surface area contributed by atoms with Crippen LogP contribution in [0.2, 0.25) is 0 Å². The summed E-state index contributed by atoms with van der Waals surface area (Å²) >= 11 is 0. The van der Waals surface area contributed by atoms with Gasteiger partial charge in [-0.2, -0.15) is 0 Å². The van der Waals surface area contributed by atoms with E-state index in [0.717, 1.165) is 86.5 Å². The number of rotatable bonds is 22. The van der Waals surface area contributed by atoms with Gasteiger partial charge in [-0.05, 0) is 96.9 Å². The fourth-order valence-corrected chi connectivity index (χ4v) is 14.3. The summed E-state index contributed by atoms with van der Waals surface area (Å²) in [6, 6.07) is 27.0. The molecule has 0 radical (unpaired) electrons. The molecule has 6 aliphatic rings. The maximum Gasteiger partial charge on any atom is 0.325 e. The number of hydrogen-bond donors (Lipinski definition) is 7. The molecule has 10 rings (SSSR count). The predicted molar refractivity (Wildman–Crippen MR) is 380 cm³/mol. The van der Waals surface area contributed by atoms with Crippen molar-refractivity contribution in [1.29, 1.82) is 0 Å². The molecular formula is C78H102N8O18. The van der Waals surface area contributed by atoms with Crippen molar-refractivity contribution in [2.45, 2.75) is 210 Å². The van der Waals surface area contributed by atoms with Crippen LogP contribution in [0.3, 0.4) is 0 Å². The molecule has 2 saturated heterocycles. The lowest BCUT2D eigenvalue weighted by Gasteiger charge is -2.35. The first-order valence-electron chi connectivity index (χ1n) is 37.1. The fourth-order valence-electron chi connectivity index (χ4n) is 14.3.